The molecule has 8 heteroatoms. The predicted molar refractivity (Wildman–Crippen MR) is 134 cm³/mol. The second-order valence-corrected chi connectivity index (χ2v) is 8.23. The number of carbonyl (C=O) groups is 3. The van der Waals surface area contributed by atoms with Crippen molar-refractivity contribution in [1.29, 1.82) is 0 Å². The van der Waals surface area contributed by atoms with E-state index >= 15 is 0 Å². The number of rotatable bonds is 7. The zero-order valence-corrected chi connectivity index (χ0v) is 20.2. The van der Waals surface area contributed by atoms with Crippen LogP contribution >= 0.6 is 11.6 Å². The summed E-state index contributed by atoms with van der Waals surface area (Å²) in [6.45, 7) is 5.92. The first-order chi connectivity index (χ1) is 16.8. The molecule has 0 unspecified atom stereocenters. The smallest absolute Gasteiger partial charge is 0.343 e. The molecule has 0 aliphatic carbocycles. The van der Waals surface area contributed by atoms with Crippen LogP contribution in [0, 0.1) is 13.8 Å². The molecule has 0 spiro atoms. The van der Waals surface area contributed by atoms with Crippen LogP contribution in [0.15, 0.2) is 77.5 Å². The Morgan fingerprint density at radius 2 is 1.57 bits per heavy atom. The van der Waals surface area contributed by atoms with Crippen LogP contribution < -0.4 is 19.7 Å². The van der Waals surface area contributed by atoms with Gasteiger partial charge in [0.2, 0.25) is 0 Å². The van der Waals surface area contributed by atoms with E-state index in [0.29, 0.717) is 35.0 Å². The Balaban J connectivity index is 1.51. The number of ether oxygens (including phenoxy) is 2. The number of anilines is 2. The Hall–Kier alpha value is -4.10. The summed E-state index contributed by atoms with van der Waals surface area (Å²) >= 11 is 6.24. The molecule has 0 saturated heterocycles. The average molecular weight is 491 g/mol. The number of esters is 1. The summed E-state index contributed by atoms with van der Waals surface area (Å²) in [4.78, 5) is 39.5. The molecule has 7 nitrogen and oxygen atoms in total. The van der Waals surface area contributed by atoms with Gasteiger partial charge in [-0.1, -0.05) is 41.9 Å². The molecule has 4 rings (SSSR count). The fourth-order valence-electron chi connectivity index (χ4n) is 3.70. The number of halogens is 1. The molecular formula is C27H23ClN2O5. The highest BCUT2D eigenvalue weighted by Gasteiger charge is 2.40. The second-order valence-electron chi connectivity index (χ2n) is 7.85. The number of nitrogens with zero attached hydrogens (tertiary/aromatic N) is 1. The largest absolute Gasteiger partial charge is 0.492 e. The lowest BCUT2D eigenvalue weighted by molar-refractivity contribution is -0.120. The topological polar surface area (TPSA) is 84.9 Å². The van der Waals surface area contributed by atoms with Gasteiger partial charge in [0, 0.05) is 5.69 Å². The molecule has 0 aromatic heterocycles. The molecule has 3 aromatic rings. The van der Waals surface area contributed by atoms with Crippen molar-refractivity contribution in [1.82, 2.24) is 0 Å². The van der Waals surface area contributed by atoms with Gasteiger partial charge in [0.15, 0.2) is 0 Å². The van der Waals surface area contributed by atoms with Crippen molar-refractivity contribution in [3.8, 4) is 11.5 Å². The molecule has 1 heterocycles. The Morgan fingerprint density at radius 1 is 0.914 bits per heavy atom. The number of para-hydroxylation sites is 3. The lowest BCUT2D eigenvalue weighted by Gasteiger charge is -2.18. The van der Waals surface area contributed by atoms with Crippen molar-refractivity contribution < 1.29 is 23.9 Å². The molecule has 1 N–H and O–H groups in total. The minimum atomic E-state index is -0.653. The number of amides is 2. The van der Waals surface area contributed by atoms with Gasteiger partial charge < -0.3 is 14.8 Å². The highest BCUT2D eigenvalue weighted by atomic mass is 35.5. The standard InChI is InChI=1S/C27H23ClN2O5/c1-4-34-21-11-6-5-10-20(21)30-25(31)22(28)23(26(30)32)29-19-14-12-18(13-15-19)27(33)35-24-16(2)8-7-9-17(24)3/h5-15,29H,4H2,1-3H3. The molecule has 35 heavy (non-hydrogen) atoms. The third-order valence-corrected chi connectivity index (χ3v) is 5.78. The van der Waals surface area contributed by atoms with Crippen molar-refractivity contribution in [3.63, 3.8) is 0 Å². The van der Waals surface area contributed by atoms with E-state index in [-0.39, 0.29) is 10.7 Å². The highest BCUT2D eigenvalue weighted by molar-refractivity contribution is 6.53. The van der Waals surface area contributed by atoms with Crippen molar-refractivity contribution in [3.05, 3.63) is 94.1 Å². The summed E-state index contributed by atoms with van der Waals surface area (Å²) in [6.07, 6.45) is 0. The van der Waals surface area contributed by atoms with Crippen LogP contribution in [0.5, 0.6) is 11.5 Å². The van der Waals surface area contributed by atoms with Gasteiger partial charge >= 0.3 is 5.97 Å². The van der Waals surface area contributed by atoms with Gasteiger partial charge in [-0.25, -0.2) is 9.69 Å². The van der Waals surface area contributed by atoms with E-state index in [1.54, 1.807) is 48.5 Å². The van der Waals surface area contributed by atoms with Crippen LogP contribution in [-0.4, -0.2) is 24.4 Å². The maximum absolute atomic E-state index is 13.1. The number of benzene rings is 3. The van der Waals surface area contributed by atoms with Crippen LogP contribution in [0.1, 0.15) is 28.4 Å². The maximum atomic E-state index is 13.1. The Labute approximate surface area is 207 Å². The van der Waals surface area contributed by atoms with E-state index in [9.17, 15) is 14.4 Å². The number of nitrogens with one attached hydrogen (secondary N) is 1. The fraction of sp³-hybridized carbons (Fsp3) is 0.148. The van der Waals surface area contributed by atoms with Crippen molar-refractivity contribution in [2.24, 2.45) is 0 Å². The summed E-state index contributed by atoms with van der Waals surface area (Å²) in [7, 11) is 0. The van der Waals surface area contributed by atoms with E-state index in [1.807, 2.05) is 39.0 Å². The fourth-order valence-corrected chi connectivity index (χ4v) is 3.91. The van der Waals surface area contributed by atoms with Crippen molar-refractivity contribution in [2.45, 2.75) is 20.8 Å². The summed E-state index contributed by atoms with van der Waals surface area (Å²) in [5.41, 5.74) is 2.77. The summed E-state index contributed by atoms with van der Waals surface area (Å²) in [5, 5.41) is 2.66. The van der Waals surface area contributed by atoms with E-state index < -0.39 is 17.8 Å². The quantitative estimate of drug-likeness (QED) is 0.273. The molecule has 0 bridgehead atoms. The third kappa shape index (κ3) is 4.76. The summed E-state index contributed by atoms with van der Waals surface area (Å²) in [5.74, 6) is -0.837. The monoisotopic (exact) mass is 490 g/mol. The minimum Gasteiger partial charge on any atom is -0.492 e. The van der Waals surface area contributed by atoms with Crippen LogP contribution in [0.2, 0.25) is 0 Å². The SMILES string of the molecule is CCOc1ccccc1N1C(=O)C(Cl)=C(Nc2ccc(C(=O)Oc3c(C)cccc3C)cc2)C1=O. The Bertz CT molecular complexity index is 1330. The van der Waals surface area contributed by atoms with Crippen molar-refractivity contribution >= 4 is 40.8 Å². The number of hydrogen-bond acceptors (Lipinski definition) is 6. The van der Waals surface area contributed by atoms with Gasteiger partial charge in [-0.15, -0.1) is 0 Å². The third-order valence-electron chi connectivity index (χ3n) is 5.43. The lowest BCUT2D eigenvalue weighted by Crippen LogP contribution is -2.32. The Kier molecular flexibility index (Phi) is 6.89. The number of hydrogen-bond donors (Lipinski definition) is 1. The molecule has 0 radical (unpaired) electrons. The zero-order chi connectivity index (χ0) is 25.1. The van der Waals surface area contributed by atoms with E-state index in [1.165, 1.54) is 0 Å². The number of aryl methyl sites for hydroxylation is 2. The van der Waals surface area contributed by atoms with Gasteiger partial charge in [0.25, 0.3) is 11.8 Å². The molecule has 1 aliphatic rings. The first-order valence-corrected chi connectivity index (χ1v) is 11.4. The molecule has 178 valence electrons. The van der Waals surface area contributed by atoms with Gasteiger partial charge in [0.1, 0.15) is 22.2 Å². The van der Waals surface area contributed by atoms with Gasteiger partial charge in [-0.2, -0.15) is 0 Å². The normalized spacial score (nSPS) is 13.3. The van der Waals surface area contributed by atoms with E-state index in [2.05, 4.69) is 5.32 Å². The molecule has 2 amide bonds. The molecule has 0 saturated carbocycles. The predicted octanol–water partition coefficient (Wildman–Crippen LogP) is 5.36. The summed E-state index contributed by atoms with van der Waals surface area (Å²) in [6, 6.07) is 18.7. The minimum absolute atomic E-state index is 0.0613. The molecule has 3 aromatic carbocycles. The first kappa shape index (κ1) is 24.0. The maximum Gasteiger partial charge on any atom is 0.343 e. The lowest BCUT2D eigenvalue weighted by atomic mass is 10.1. The molecule has 1 aliphatic heterocycles. The second kappa shape index (κ2) is 10.0. The van der Waals surface area contributed by atoms with Crippen molar-refractivity contribution in [2.75, 3.05) is 16.8 Å². The molecule has 0 fully saturated rings. The van der Waals surface area contributed by atoms with E-state index in [4.69, 9.17) is 21.1 Å². The number of imide groups is 1. The highest BCUT2D eigenvalue weighted by Crippen LogP contribution is 2.35. The average Bonchev–Trinajstić information content (AvgIpc) is 3.05. The van der Waals surface area contributed by atoms with Crippen LogP contribution in [0.3, 0.4) is 0 Å². The molecule has 0 atom stereocenters. The zero-order valence-electron chi connectivity index (χ0n) is 19.4. The van der Waals surface area contributed by atoms with Crippen LogP contribution in [0.25, 0.3) is 0 Å². The van der Waals surface area contributed by atoms with Gasteiger partial charge in [-0.05, 0) is 68.3 Å². The summed E-state index contributed by atoms with van der Waals surface area (Å²) < 4.78 is 11.1. The van der Waals surface area contributed by atoms with Crippen LogP contribution in [0.4, 0.5) is 11.4 Å². The van der Waals surface area contributed by atoms with Gasteiger partial charge in [0.05, 0.1) is 17.9 Å². The number of carbonyl (C=O) groups excluding carboxylic acids is 3. The Morgan fingerprint density at radius 3 is 2.23 bits per heavy atom. The van der Waals surface area contributed by atoms with Crippen LogP contribution in [-0.2, 0) is 9.59 Å². The molecular weight excluding hydrogens is 468 g/mol. The first-order valence-electron chi connectivity index (χ1n) is 11.0. The van der Waals surface area contributed by atoms with E-state index in [0.717, 1.165) is 16.0 Å². The van der Waals surface area contributed by atoms with Gasteiger partial charge in [-0.3, -0.25) is 9.59 Å².